The summed E-state index contributed by atoms with van der Waals surface area (Å²) >= 11 is 0. The highest BCUT2D eigenvalue weighted by molar-refractivity contribution is 5.86. The maximum absolute atomic E-state index is 12.8. The summed E-state index contributed by atoms with van der Waals surface area (Å²) in [7, 11) is 0. The van der Waals surface area contributed by atoms with Crippen LogP contribution in [0.2, 0.25) is 0 Å². The van der Waals surface area contributed by atoms with Gasteiger partial charge in [0.15, 0.2) is 6.61 Å². The number of halogens is 5. The summed E-state index contributed by atoms with van der Waals surface area (Å²) in [6.07, 6.45) is -3.71. The van der Waals surface area contributed by atoms with Gasteiger partial charge in [0.1, 0.15) is 0 Å². The number of hydrogen-bond donors (Lipinski definition) is 0. The predicted molar refractivity (Wildman–Crippen MR) is 46.2 cm³/mol. The number of rotatable bonds is 5. The standard InChI is InChI=1S/C9H11F5O2/c1-5(2)6(15)16-4-9(13,14)7(10)8(3,11)12/h7H,1,4H2,2-3H3. The molecule has 0 bridgehead atoms. The Kier molecular flexibility index (Phi) is 4.45. The molecule has 7 heteroatoms. The Labute approximate surface area is 89.1 Å². The van der Waals surface area contributed by atoms with Gasteiger partial charge in [-0.05, 0) is 6.92 Å². The van der Waals surface area contributed by atoms with Crippen LogP contribution in [-0.2, 0) is 9.53 Å². The molecule has 94 valence electrons. The Balaban J connectivity index is 4.47. The second kappa shape index (κ2) is 4.80. The number of carbonyl (C=O) groups is 1. The third-order valence-electron chi connectivity index (χ3n) is 1.56. The zero-order chi connectivity index (χ0) is 13.1. The molecular weight excluding hydrogens is 235 g/mol. The van der Waals surface area contributed by atoms with Gasteiger partial charge in [-0.1, -0.05) is 6.58 Å². The van der Waals surface area contributed by atoms with Crippen molar-refractivity contribution >= 4 is 5.97 Å². The van der Waals surface area contributed by atoms with Gasteiger partial charge in [0, 0.05) is 12.5 Å². The van der Waals surface area contributed by atoms with E-state index in [1.165, 1.54) is 6.92 Å². The van der Waals surface area contributed by atoms with Gasteiger partial charge in [0.2, 0.25) is 6.17 Å². The Morgan fingerprint density at radius 1 is 1.38 bits per heavy atom. The smallest absolute Gasteiger partial charge is 0.333 e. The van der Waals surface area contributed by atoms with Crippen LogP contribution in [0.1, 0.15) is 13.8 Å². The molecule has 0 aliphatic rings. The van der Waals surface area contributed by atoms with Crippen molar-refractivity contribution in [3.8, 4) is 0 Å². The highest BCUT2D eigenvalue weighted by atomic mass is 19.3. The van der Waals surface area contributed by atoms with Gasteiger partial charge in [-0.2, -0.15) is 8.78 Å². The summed E-state index contributed by atoms with van der Waals surface area (Å²) in [5, 5.41) is 0. The Hall–Kier alpha value is -1.14. The van der Waals surface area contributed by atoms with Crippen molar-refractivity contribution in [3.63, 3.8) is 0 Å². The van der Waals surface area contributed by atoms with Crippen molar-refractivity contribution in [1.82, 2.24) is 0 Å². The first kappa shape index (κ1) is 14.9. The third-order valence-corrected chi connectivity index (χ3v) is 1.56. The minimum atomic E-state index is -4.44. The number of alkyl halides is 5. The summed E-state index contributed by atoms with van der Waals surface area (Å²) in [6, 6.07) is 0. The van der Waals surface area contributed by atoms with Gasteiger partial charge in [0.05, 0.1) is 0 Å². The third kappa shape index (κ3) is 4.16. The van der Waals surface area contributed by atoms with Crippen LogP contribution in [0.5, 0.6) is 0 Å². The van der Waals surface area contributed by atoms with Crippen molar-refractivity contribution in [3.05, 3.63) is 12.2 Å². The molecule has 0 rings (SSSR count). The van der Waals surface area contributed by atoms with Crippen molar-refractivity contribution in [1.29, 1.82) is 0 Å². The van der Waals surface area contributed by atoms with Crippen LogP contribution in [0.3, 0.4) is 0 Å². The van der Waals surface area contributed by atoms with E-state index in [0.29, 0.717) is 0 Å². The Bertz CT molecular complexity index is 282. The second-order valence-electron chi connectivity index (χ2n) is 3.44. The second-order valence-corrected chi connectivity index (χ2v) is 3.44. The van der Waals surface area contributed by atoms with E-state index in [2.05, 4.69) is 11.3 Å². The summed E-state index contributed by atoms with van der Waals surface area (Å²) in [5.41, 5.74) is -0.186. The molecule has 0 saturated heterocycles. The van der Waals surface area contributed by atoms with E-state index in [1.807, 2.05) is 0 Å². The van der Waals surface area contributed by atoms with Crippen LogP contribution in [0, 0.1) is 0 Å². The lowest BCUT2D eigenvalue weighted by Gasteiger charge is -2.24. The monoisotopic (exact) mass is 246 g/mol. The molecule has 1 unspecified atom stereocenters. The van der Waals surface area contributed by atoms with E-state index in [9.17, 15) is 26.7 Å². The molecule has 0 aliphatic heterocycles. The number of esters is 1. The molecule has 0 spiro atoms. The van der Waals surface area contributed by atoms with E-state index >= 15 is 0 Å². The molecule has 0 radical (unpaired) electrons. The van der Waals surface area contributed by atoms with Crippen LogP contribution in [0.25, 0.3) is 0 Å². The lowest BCUT2D eigenvalue weighted by atomic mass is 10.1. The van der Waals surface area contributed by atoms with Crippen molar-refractivity contribution in [2.45, 2.75) is 31.9 Å². The fraction of sp³-hybridized carbons (Fsp3) is 0.667. The molecule has 0 aromatic rings. The lowest BCUT2D eigenvalue weighted by molar-refractivity contribution is -0.197. The molecular formula is C9H11F5O2. The van der Waals surface area contributed by atoms with Gasteiger partial charge >= 0.3 is 11.9 Å². The molecule has 1 atom stereocenters. The molecule has 2 nitrogen and oxygen atoms in total. The zero-order valence-corrected chi connectivity index (χ0v) is 8.70. The number of carbonyl (C=O) groups excluding carboxylic acids is 1. The molecule has 0 amide bonds. The molecule has 0 aromatic carbocycles. The number of hydrogen-bond acceptors (Lipinski definition) is 2. The lowest BCUT2D eigenvalue weighted by Crippen LogP contribution is -2.45. The number of ether oxygens (including phenoxy) is 1. The first-order chi connectivity index (χ1) is 6.98. The van der Waals surface area contributed by atoms with E-state index in [1.54, 1.807) is 0 Å². The SMILES string of the molecule is C=C(C)C(=O)OCC(F)(F)C(F)C(C)(F)F. The molecule has 0 N–H and O–H groups in total. The Morgan fingerprint density at radius 2 is 1.81 bits per heavy atom. The summed E-state index contributed by atoms with van der Waals surface area (Å²) < 4.78 is 66.7. The summed E-state index contributed by atoms with van der Waals surface area (Å²) in [5.74, 6) is -9.84. The first-order valence-corrected chi connectivity index (χ1v) is 4.21. The summed E-state index contributed by atoms with van der Waals surface area (Å²) in [6.45, 7) is 2.54. The van der Waals surface area contributed by atoms with Gasteiger partial charge in [0.25, 0.3) is 5.92 Å². The molecule has 0 heterocycles. The van der Waals surface area contributed by atoms with Crippen LogP contribution in [0.4, 0.5) is 22.0 Å². The van der Waals surface area contributed by atoms with E-state index in [-0.39, 0.29) is 12.5 Å². The van der Waals surface area contributed by atoms with E-state index in [4.69, 9.17) is 0 Å². The quantitative estimate of drug-likeness (QED) is 0.423. The fourth-order valence-corrected chi connectivity index (χ4v) is 0.729. The molecule has 0 saturated carbocycles. The van der Waals surface area contributed by atoms with E-state index < -0.39 is 30.6 Å². The van der Waals surface area contributed by atoms with Crippen molar-refractivity contribution in [2.75, 3.05) is 6.61 Å². The Morgan fingerprint density at radius 3 is 2.12 bits per heavy atom. The zero-order valence-electron chi connectivity index (χ0n) is 8.70. The molecule has 16 heavy (non-hydrogen) atoms. The maximum atomic E-state index is 12.8. The molecule has 0 fully saturated rings. The fourth-order valence-electron chi connectivity index (χ4n) is 0.729. The van der Waals surface area contributed by atoms with Gasteiger partial charge < -0.3 is 4.74 Å². The highest BCUT2D eigenvalue weighted by Crippen LogP contribution is 2.33. The molecule has 0 aromatic heterocycles. The highest BCUT2D eigenvalue weighted by Gasteiger charge is 2.53. The normalized spacial score (nSPS) is 14.4. The average Bonchev–Trinajstić information content (AvgIpc) is 2.11. The topological polar surface area (TPSA) is 26.3 Å². The van der Waals surface area contributed by atoms with Crippen LogP contribution >= 0.6 is 0 Å². The van der Waals surface area contributed by atoms with Crippen molar-refractivity contribution < 1.29 is 31.5 Å². The average molecular weight is 246 g/mol. The van der Waals surface area contributed by atoms with Crippen molar-refractivity contribution in [2.24, 2.45) is 0 Å². The largest absolute Gasteiger partial charge is 0.456 e. The first-order valence-electron chi connectivity index (χ1n) is 4.21. The van der Waals surface area contributed by atoms with Gasteiger partial charge in [-0.3, -0.25) is 0 Å². The van der Waals surface area contributed by atoms with Gasteiger partial charge in [-0.15, -0.1) is 0 Å². The molecule has 0 aliphatic carbocycles. The van der Waals surface area contributed by atoms with Crippen LogP contribution in [-0.4, -0.2) is 30.6 Å². The van der Waals surface area contributed by atoms with Gasteiger partial charge in [-0.25, -0.2) is 18.0 Å². The van der Waals surface area contributed by atoms with Crippen LogP contribution < -0.4 is 0 Å². The predicted octanol–water partition coefficient (Wildman–Crippen LogP) is 2.73. The minimum absolute atomic E-state index is 0.0200. The summed E-state index contributed by atoms with van der Waals surface area (Å²) in [4.78, 5) is 10.7. The van der Waals surface area contributed by atoms with E-state index in [0.717, 1.165) is 0 Å². The maximum Gasteiger partial charge on any atom is 0.333 e. The van der Waals surface area contributed by atoms with Crippen LogP contribution in [0.15, 0.2) is 12.2 Å². The minimum Gasteiger partial charge on any atom is -0.456 e.